The molecule has 6 nitrogen and oxygen atoms in total. The van der Waals surface area contributed by atoms with E-state index in [1.165, 1.54) is 6.92 Å². The first-order chi connectivity index (χ1) is 12.5. The summed E-state index contributed by atoms with van der Waals surface area (Å²) >= 11 is 0. The Morgan fingerprint density at radius 2 is 1.46 bits per heavy atom. The van der Waals surface area contributed by atoms with E-state index in [2.05, 4.69) is 10.6 Å². The van der Waals surface area contributed by atoms with Gasteiger partial charge in [0.25, 0.3) is 11.8 Å². The minimum absolute atomic E-state index is 0.197. The first kappa shape index (κ1) is 19.2. The minimum atomic E-state index is -0.859. The second-order valence-electron chi connectivity index (χ2n) is 5.87. The monoisotopic (exact) mass is 354 g/mol. The molecule has 0 aliphatic rings. The van der Waals surface area contributed by atoms with E-state index in [0.29, 0.717) is 5.56 Å². The Bertz CT molecular complexity index is 747. The SMILES string of the molecule is C[C@H](NC(=O)c1ccccc1)C(=O)OCC(=O)N[C@@H](C)c1ccccc1. The number of rotatable bonds is 7. The van der Waals surface area contributed by atoms with E-state index in [1.807, 2.05) is 37.3 Å². The molecule has 0 fully saturated rings. The minimum Gasteiger partial charge on any atom is -0.454 e. The number of benzene rings is 2. The van der Waals surface area contributed by atoms with Gasteiger partial charge in [-0.05, 0) is 31.5 Å². The summed E-state index contributed by atoms with van der Waals surface area (Å²) in [6.07, 6.45) is 0. The van der Waals surface area contributed by atoms with Crippen molar-refractivity contribution in [3.8, 4) is 0 Å². The third-order valence-electron chi connectivity index (χ3n) is 3.76. The zero-order valence-corrected chi connectivity index (χ0v) is 14.8. The van der Waals surface area contributed by atoms with Crippen LogP contribution < -0.4 is 10.6 Å². The summed E-state index contributed by atoms with van der Waals surface area (Å²) in [5.74, 6) is -1.45. The molecule has 0 heterocycles. The maximum Gasteiger partial charge on any atom is 0.328 e. The lowest BCUT2D eigenvalue weighted by Crippen LogP contribution is -2.41. The van der Waals surface area contributed by atoms with Crippen LogP contribution in [0.25, 0.3) is 0 Å². The van der Waals surface area contributed by atoms with Crippen LogP contribution in [-0.4, -0.2) is 30.4 Å². The van der Waals surface area contributed by atoms with Gasteiger partial charge >= 0.3 is 5.97 Å². The molecular formula is C20H22N2O4. The van der Waals surface area contributed by atoms with E-state index < -0.39 is 24.5 Å². The number of hydrogen-bond donors (Lipinski definition) is 2. The number of nitrogens with one attached hydrogen (secondary N) is 2. The average Bonchev–Trinajstić information content (AvgIpc) is 2.67. The van der Waals surface area contributed by atoms with Crippen LogP contribution in [-0.2, 0) is 14.3 Å². The van der Waals surface area contributed by atoms with Gasteiger partial charge in [0.05, 0.1) is 6.04 Å². The summed E-state index contributed by atoms with van der Waals surface area (Å²) < 4.78 is 4.97. The maximum absolute atomic E-state index is 12.0. The third kappa shape index (κ3) is 5.73. The predicted octanol–water partition coefficient (Wildman–Crippen LogP) is 2.23. The van der Waals surface area contributed by atoms with Crippen molar-refractivity contribution in [3.05, 3.63) is 71.8 Å². The normalized spacial score (nSPS) is 12.5. The number of carbonyl (C=O) groups excluding carboxylic acids is 3. The number of amides is 2. The Hall–Kier alpha value is -3.15. The highest BCUT2D eigenvalue weighted by molar-refractivity contribution is 5.96. The van der Waals surface area contributed by atoms with Gasteiger partial charge in [0, 0.05) is 5.56 Å². The molecule has 2 rings (SSSR count). The summed E-state index contributed by atoms with van der Waals surface area (Å²) in [7, 11) is 0. The van der Waals surface area contributed by atoms with Crippen LogP contribution in [0.1, 0.15) is 35.8 Å². The second-order valence-corrected chi connectivity index (χ2v) is 5.87. The van der Waals surface area contributed by atoms with E-state index in [9.17, 15) is 14.4 Å². The van der Waals surface area contributed by atoms with Gasteiger partial charge in [0.15, 0.2) is 6.61 Å². The lowest BCUT2D eigenvalue weighted by molar-refractivity contribution is -0.150. The van der Waals surface area contributed by atoms with Crippen molar-refractivity contribution in [2.24, 2.45) is 0 Å². The molecule has 0 saturated heterocycles. The molecule has 0 radical (unpaired) electrons. The maximum atomic E-state index is 12.0. The van der Waals surface area contributed by atoms with Crippen LogP contribution in [0.2, 0.25) is 0 Å². The molecule has 2 amide bonds. The van der Waals surface area contributed by atoms with Crippen molar-refractivity contribution >= 4 is 17.8 Å². The zero-order chi connectivity index (χ0) is 18.9. The van der Waals surface area contributed by atoms with Gasteiger partial charge in [-0.25, -0.2) is 4.79 Å². The van der Waals surface area contributed by atoms with Crippen LogP contribution in [0.4, 0.5) is 0 Å². The first-order valence-electron chi connectivity index (χ1n) is 8.34. The molecule has 2 atom stereocenters. The van der Waals surface area contributed by atoms with Gasteiger partial charge in [0.1, 0.15) is 6.04 Å². The molecule has 0 spiro atoms. The fourth-order valence-corrected chi connectivity index (χ4v) is 2.30. The summed E-state index contributed by atoms with van der Waals surface area (Å²) in [6, 6.07) is 17.0. The highest BCUT2D eigenvalue weighted by Crippen LogP contribution is 2.10. The lowest BCUT2D eigenvalue weighted by atomic mass is 10.1. The van der Waals surface area contributed by atoms with E-state index in [1.54, 1.807) is 30.3 Å². The molecule has 6 heteroatoms. The first-order valence-corrected chi connectivity index (χ1v) is 8.34. The molecule has 136 valence electrons. The molecule has 0 aliphatic heterocycles. The molecule has 26 heavy (non-hydrogen) atoms. The number of esters is 1. The van der Waals surface area contributed by atoms with Gasteiger partial charge < -0.3 is 15.4 Å². The van der Waals surface area contributed by atoms with E-state index in [-0.39, 0.29) is 11.9 Å². The van der Waals surface area contributed by atoms with Crippen LogP contribution in [0, 0.1) is 0 Å². The van der Waals surface area contributed by atoms with Gasteiger partial charge in [-0.1, -0.05) is 48.5 Å². The molecule has 2 aromatic rings. The zero-order valence-electron chi connectivity index (χ0n) is 14.8. The van der Waals surface area contributed by atoms with E-state index >= 15 is 0 Å². The second kappa shape index (κ2) is 9.36. The van der Waals surface area contributed by atoms with Crippen molar-refractivity contribution in [1.29, 1.82) is 0 Å². The Kier molecular flexibility index (Phi) is 6.91. The Morgan fingerprint density at radius 1 is 0.885 bits per heavy atom. The van der Waals surface area contributed by atoms with Gasteiger partial charge in [-0.15, -0.1) is 0 Å². The van der Waals surface area contributed by atoms with Crippen molar-refractivity contribution in [1.82, 2.24) is 10.6 Å². The number of hydrogen-bond acceptors (Lipinski definition) is 4. The summed E-state index contributed by atoms with van der Waals surface area (Å²) in [5, 5.41) is 5.29. The van der Waals surface area contributed by atoms with E-state index in [0.717, 1.165) is 5.56 Å². The molecule has 0 aromatic heterocycles. The Morgan fingerprint density at radius 3 is 2.08 bits per heavy atom. The Labute approximate surface area is 152 Å². The summed E-state index contributed by atoms with van der Waals surface area (Å²) in [6.45, 7) is 2.95. The molecule has 2 N–H and O–H groups in total. The highest BCUT2D eigenvalue weighted by atomic mass is 16.5. The molecule has 0 aliphatic carbocycles. The van der Waals surface area contributed by atoms with Gasteiger partial charge in [-0.3, -0.25) is 9.59 Å². The van der Waals surface area contributed by atoms with Crippen molar-refractivity contribution in [2.45, 2.75) is 25.9 Å². The molecule has 2 aromatic carbocycles. The average molecular weight is 354 g/mol. The topological polar surface area (TPSA) is 84.5 Å². The van der Waals surface area contributed by atoms with E-state index in [4.69, 9.17) is 4.74 Å². The fraction of sp³-hybridized carbons (Fsp3) is 0.250. The summed E-state index contributed by atoms with van der Waals surface area (Å²) in [5.41, 5.74) is 1.40. The standard InChI is InChI=1S/C20H22N2O4/c1-14(16-9-5-3-6-10-16)21-18(23)13-26-20(25)15(2)22-19(24)17-11-7-4-8-12-17/h3-12,14-15H,13H2,1-2H3,(H,21,23)(H,22,24)/t14-,15-/m0/s1. The Balaban J connectivity index is 1.76. The van der Waals surface area contributed by atoms with Gasteiger partial charge in [-0.2, -0.15) is 0 Å². The van der Waals surface area contributed by atoms with Crippen molar-refractivity contribution in [3.63, 3.8) is 0 Å². The van der Waals surface area contributed by atoms with Crippen LogP contribution in [0.5, 0.6) is 0 Å². The van der Waals surface area contributed by atoms with Gasteiger partial charge in [0.2, 0.25) is 0 Å². The molecule has 0 bridgehead atoms. The molecular weight excluding hydrogens is 332 g/mol. The lowest BCUT2D eigenvalue weighted by Gasteiger charge is -2.16. The summed E-state index contributed by atoms with van der Waals surface area (Å²) in [4.78, 5) is 35.9. The van der Waals surface area contributed by atoms with Crippen molar-refractivity contribution < 1.29 is 19.1 Å². The molecule has 0 unspecified atom stereocenters. The van der Waals surface area contributed by atoms with Crippen LogP contribution in [0.15, 0.2) is 60.7 Å². The van der Waals surface area contributed by atoms with Crippen LogP contribution >= 0.6 is 0 Å². The number of carbonyl (C=O) groups is 3. The fourth-order valence-electron chi connectivity index (χ4n) is 2.30. The predicted molar refractivity (Wildman–Crippen MR) is 97.3 cm³/mol. The highest BCUT2D eigenvalue weighted by Gasteiger charge is 2.19. The number of ether oxygens (including phenoxy) is 1. The van der Waals surface area contributed by atoms with Crippen LogP contribution in [0.3, 0.4) is 0 Å². The smallest absolute Gasteiger partial charge is 0.328 e. The third-order valence-corrected chi connectivity index (χ3v) is 3.76. The largest absolute Gasteiger partial charge is 0.454 e. The quantitative estimate of drug-likeness (QED) is 0.747. The molecule has 0 saturated carbocycles. The van der Waals surface area contributed by atoms with Crippen molar-refractivity contribution in [2.75, 3.05) is 6.61 Å².